The highest BCUT2D eigenvalue weighted by molar-refractivity contribution is 5.76. The molecule has 0 spiro atoms. The number of aliphatic hydroxyl groups is 1. The molecule has 0 fully saturated rings. The molecular formula is C15H24N2O3. The molecule has 0 radical (unpaired) electrons. The average Bonchev–Trinajstić information content (AvgIpc) is 2.36. The van der Waals surface area contributed by atoms with E-state index in [9.17, 15) is 4.79 Å². The van der Waals surface area contributed by atoms with Crippen molar-refractivity contribution in [2.75, 3.05) is 12.3 Å². The van der Waals surface area contributed by atoms with Crippen molar-refractivity contribution in [3.63, 3.8) is 0 Å². The lowest BCUT2D eigenvalue weighted by atomic mass is 10.1. The maximum Gasteiger partial charge on any atom is 0.220 e. The number of nitrogens with one attached hydrogen (secondary N) is 1. The summed E-state index contributed by atoms with van der Waals surface area (Å²) in [5.74, 6) is 0.592. The Balaban J connectivity index is 2.49. The third kappa shape index (κ3) is 5.93. The lowest BCUT2D eigenvalue weighted by Gasteiger charge is -2.13. The van der Waals surface area contributed by atoms with Gasteiger partial charge in [0.15, 0.2) is 0 Å². The van der Waals surface area contributed by atoms with Gasteiger partial charge in [-0.3, -0.25) is 4.79 Å². The average molecular weight is 280 g/mol. The van der Waals surface area contributed by atoms with E-state index in [0.29, 0.717) is 24.3 Å². The van der Waals surface area contributed by atoms with E-state index in [2.05, 4.69) is 5.32 Å². The van der Waals surface area contributed by atoms with E-state index in [0.717, 1.165) is 5.56 Å². The van der Waals surface area contributed by atoms with Gasteiger partial charge in [0.25, 0.3) is 0 Å². The van der Waals surface area contributed by atoms with Crippen LogP contribution >= 0.6 is 0 Å². The highest BCUT2D eigenvalue weighted by Gasteiger charge is 2.07. The normalized spacial score (nSPS) is 12.2. The zero-order chi connectivity index (χ0) is 15.1. The highest BCUT2D eigenvalue weighted by Crippen LogP contribution is 2.24. The quantitative estimate of drug-likeness (QED) is 0.661. The number of carbonyl (C=O) groups is 1. The number of hydrogen-bond donors (Lipinski definition) is 3. The maximum atomic E-state index is 11.5. The van der Waals surface area contributed by atoms with Gasteiger partial charge in [0, 0.05) is 13.0 Å². The molecule has 112 valence electrons. The molecule has 0 saturated heterocycles. The molecule has 1 rings (SSSR count). The van der Waals surface area contributed by atoms with E-state index >= 15 is 0 Å². The lowest BCUT2D eigenvalue weighted by Crippen LogP contribution is -2.30. The molecule has 5 heteroatoms. The second kappa shape index (κ2) is 7.75. The van der Waals surface area contributed by atoms with Crippen molar-refractivity contribution in [1.82, 2.24) is 5.32 Å². The van der Waals surface area contributed by atoms with E-state index < -0.39 is 6.10 Å². The molecular weight excluding hydrogens is 256 g/mol. The fraction of sp³-hybridized carbons (Fsp3) is 0.533. The third-order valence-corrected chi connectivity index (χ3v) is 2.67. The topological polar surface area (TPSA) is 84.6 Å². The molecule has 5 nitrogen and oxygen atoms in total. The van der Waals surface area contributed by atoms with Crippen LogP contribution in [0.15, 0.2) is 18.2 Å². The lowest BCUT2D eigenvalue weighted by molar-refractivity contribution is -0.121. The van der Waals surface area contributed by atoms with Crippen LogP contribution in [0.25, 0.3) is 0 Å². The van der Waals surface area contributed by atoms with Crippen molar-refractivity contribution in [3.05, 3.63) is 23.8 Å². The minimum Gasteiger partial charge on any atom is -0.489 e. The van der Waals surface area contributed by atoms with E-state index in [1.807, 2.05) is 32.0 Å². The minimum absolute atomic E-state index is 0.0769. The molecule has 0 aromatic heterocycles. The largest absolute Gasteiger partial charge is 0.489 e. The number of anilines is 1. The Morgan fingerprint density at radius 2 is 2.10 bits per heavy atom. The molecule has 4 N–H and O–H groups in total. The number of benzene rings is 1. The summed E-state index contributed by atoms with van der Waals surface area (Å²) < 4.78 is 5.56. The maximum absolute atomic E-state index is 11.5. The fourth-order valence-electron chi connectivity index (χ4n) is 1.72. The van der Waals surface area contributed by atoms with Gasteiger partial charge in [-0.25, -0.2) is 0 Å². The van der Waals surface area contributed by atoms with Crippen LogP contribution in [0.5, 0.6) is 5.75 Å². The molecule has 1 aromatic rings. The van der Waals surface area contributed by atoms with E-state index in [-0.39, 0.29) is 18.6 Å². The number of nitrogen functional groups attached to an aromatic ring is 1. The second-order valence-corrected chi connectivity index (χ2v) is 5.19. The minimum atomic E-state index is -0.526. The first-order valence-electron chi connectivity index (χ1n) is 6.88. The van der Waals surface area contributed by atoms with Gasteiger partial charge in [0.05, 0.1) is 17.9 Å². The monoisotopic (exact) mass is 280 g/mol. The number of rotatable bonds is 7. The standard InChI is InChI=1S/C15H24N2O3/c1-10(2)20-14-6-4-12(8-13(14)16)5-7-15(19)17-9-11(3)18/h4,6,8,10-11,18H,5,7,9,16H2,1-3H3,(H,17,19). The van der Waals surface area contributed by atoms with Gasteiger partial charge in [-0.1, -0.05) is 6.07 Å². The van der Waals surface area contributed by atoms with Crippen LogP contribution in [0, 0.1) is 0 Å². The molecule has 1 aromatic carbocycles. The molecule has 0 aliphatic heterocycles. The predicted octanol–water partition coefficient (Wildman–Crippen LogP) is 1.49. The van der Waals surface area contributed by atoms with Crippen molar-refractivity contribution in [2.45, 2.75) is 45.8 Å². The zero-order valence-corrected chi connectivity index (χ0v) is 12.3. The number of aryl methyl sites for hydroxylation is 1. The molecule has 0 heterocycles. The molecule has 1 amide bonds. The van der Waals surface area contributed by atoms with Crippen LogP contribution in [0.1, 0.15) is 32.8 Å². The molecule has 0 aliphatic rings. The summed E-state index contributed by atoms with van der Waals surface area (Å²) >= 11 is 0. The summed E-state index contributed by atoms with van der Waals surface area (Å²) in [7, 11) is 0. The van der Waals surface area contributed by atoms with Crippen LogP contribution in [-0.4, -0.2) is 29.8 Å². The first-order valence-corrected chi connectivity index (χ1v) is 6.88. The molecule has 1 atom stereocenters. The van der Waals surface area contributed by atoms with Gasteiger partial charge in [-0.2, -0.15) is 0 Å². The summed E-state index contributed by atoms with van der Waals surface area (Å²) in [6, 6.07) is 5.58. The van der Waals surface area contributed by atoms with Crippen molar-refractivity contribution in [2.24, 2.45) is 0 Å². The van der Waals surface area contributed by atoms with Gasteiger partial charge < -0.3 is 20.9 Å². The van der Waals surface area contributed by atoms with Crippen molar-refractivity contribution in [1.29, 1.82) is 0 Å². The zero-order valence-electron chi connectivity index (χ0n) is 12.3. The summed E-state index contributed by atoms with van der Waals surface area (Å²) in [6.07, 6.45) is 0.533. The first-order chi connectivity index (χ1) is 9.38. The number of amides is 1. The molecule has 1 unspecified atom stereocenters. The molecule has 20 heavy (non-hydrogen) atoms. The van der Waals surface area contributed by atoms with Crippen LogP contribution in [-0.2, 0) is 11.2 Å². The Morgan fingerprint density at radius 3 is 2.65 bits per heavy atom. The van der Waals surface area contributed by atoms with Crippen molar-refractivity contribution in [3.8, 4) is 5.75 Å². The molecule has 0 saturated carbocycles. The van der Waals surface area contributed by atoms with Gasteiger partial charge in [-0.15, -0.1) is 0 Å². The Kier molecular flexibility index (Phi) is 6.31. The van der Waals surface area contributed by atoms with Crippen LogP contribution < -0.4 is 15.8 Å². The van der Waals surface area contributed by atoms with Crippen LogP contribution in [0.2, 0.25) is 0 Å². The first kappa shape index (κ1) is 16.3. The number of aliphatic hydroxyl groups excluding tert-OH is 1. The van der Waals surface area contributed by atoms with E-state index in [1.54, 1.807) is 6.92 Å². The second-order valence-electron chi connectivity index (χ2n) is 5.19. The van der Waals surface area contributed by atoms with Crippen LogP contribution in [0.3, 0.4) is 0 Å². The Morgan fingerprint density at radius 1 is 1.40 bits per heavy atom. The molecule has 0 bridgehead atoms. The summed E-state index contributed by atoms with van der Waals surface area (Å²) in [4.78, 5) is 11.5. The third-order valence-electron chi connectivity index (χ3n) is 2.67. The summed E-state index contributed by atoms with van der Waals surface area (Å²) in [6.45, 7) is 5.80. The summed E-state index contributed by atoms with van der Waals surface area (Å²) in [5.41, 5.74) is 7.49. The van der Waals surface area contributed by atoms with Crippen molar-refractivity contribution >= 4 is 11.6 Å². The van der Waals surface area contributed by atoms with E-state index in [4.69, 9.17) is 15.6 Å². The number of ether oxygens (including phenoxy) is 1. The van der Waals surface area contributed by atoms with Crippen LogP contribution in [0.4, 0.5) is 5.69 Å². The predicted molar refractivity (Wildman–Crippen MR) is 79.6 cm³/mol. The Labute approximate surface area is 120 Å². The number of nitrogens with two attached hydrogens (primary N) is 1. The van der Waals surface area contributed by atoms with Gasteiger partial charge in [-0.05, 0) is 44.9 Å². The smallest absolute Gasteiger partial charge is 0.220 e. The molecule has 0 aliphatic carbocycles. The van der Waals surface area contributed by atoms with Gasteiger partial charge in [0.2, 0.25) is 5.91 Å². The fourth-order valence-corrected chi connectivity index (χ4v) is 1.72. The van der Waals surface area contributed by atoms with Gasteiger partial charge in [0.1, 0.15) is 5.75 Å². The highest BCUT2D eigenvalue weighted by atomic mass is 16.5. The Bertz CT molecular complexity index is 445. The summed E-state index contributed by atoms with van der Waals surface area (Å²) in [5, 5.41) is 11.7. The number of carbonyl (C=O) groups excluding carboxylic acids is 1. The Hall–Kier alpha value is -1.75. The van der Waals surface area contributed by atoms with Gasteiger partial charge >= 0.3 is 0 Å². The van der Waals surface area contributed by atoms with Crippen molar-refractivity contribution < 1.29 is 14.6 Å². The van der Waals surface area contributed by atoms with E-state index in [1.165, 1.54) is 0 Å². The number of hydrogen-bond acceptors (Lipinski definition) is 4. The SMILES string of the molecule is CC(O)CNC(=O)CCc1ccc(OC(C)C)c(N)c1.